The van der Waals surface area contributed by atoms with Crippen molar-refractivity contribution in [3.63, 3.8) is 0 Å². The Kier molecular flexibility index (Phi) is 5.14. The van der Waals surface area contributed by atoms with Crippen LogP contribution in [-0.2, 0) is 11.3 Å². The van der Waals surface area contributed by atoms with Crippen LogP contribution in [-0.4, -0.2) is 25.2 Å². The van der Waals surface area contributed by atoms with Gasteiger partial charge in [-0.2, -0.15) is 5.10 Å². The molecule has 2 heterocycles. The zero-order chi connectivity index (χ0) is 20.4. The summed E-state index contributed by atoms with van der Waals surface area (Å²) < 4.78 is 2.87. The average Bonchev–Trinajstić information content (AvgIpc) is 3.16. The van der Waals surface area contributed by atoms with Gasteiger partial charge in [-0.3, -0.25) is 14.2 Å². The summed E-state index contributed by atoms with van der Waals surface area (Å²) in [6.45, 7) is 1.69. The molecule has 1 amide bonds. The van der Waals surface area contributed by atoms with Crippen molar-refractivity contribution in [1.82, 2.24) is 24.6 Å². The van der Waals surface area contributed by atoms with Crippen molar-refractivity contribution in [2.24, 2.45) is 0 Å². The Hall–Kier alpha value is -3.45. The standard InChI is InChI=1S/C21H18ClN5O2/c1-14(16-9-5-6-10-18(16)22)25-19(28)12-26-13-23-20-17(21(26)29)11-24-27(20)15-7-3-2-4-8-15/h2-11,13-14H,12H2,1H3,(H,25,28)/t14-/m1/s1. The molecule has 0 fully saturated rings. The summed E-state index contributed by atoms with van der Waals surface area (Å²) >= 11 is 6.18. The second kappa shape index (κ2) is 7.89. The molecule has 2 aromatic heterocycles. The quantitative estimate of drug-likeness (QED) is 0.551. The Morgan fingerprint density at radius 1 is 1.14 bits per heavy atom. The minimum atomic E-state index is -0.322. The number of carbonyl (C=O) groups is 1. The fraction of sp³-hybridized carbons (Fsp3) is 0.143. The minimum absolute atomic E-state index is 0.146. The highest BCUT2D eigenvalue weighted by Crippen LogP contribution is 2.22. The van der Waals surface area contributed by atoms with Gasteiger partial charge in [0.15, 0.2) is 5.65 Å². The molecule has 1 atom stereocenters. The number of benzene rings is 2. The van der Waals surface area contributed by atoms with Crippen LogP contribution in [0.25, 0.3) is 16.7 Å². The Labute approximate surface area is 171 Å². The predicted molar refractivity (Wildman–Crippen MR) is 111 cm³/mol. The second-order valence-electron chi connectivity index (χ2n) is 6.62. The number of amides is 1. The number of carbonyl (C=O) groups excluding carboxylic acids is 1. The number of hydrogen-bond acceptors (Lipinski definition) is 4. The average molecular weight is 408 g/mol. The molecule has 0 aliphatic carbocycles. The zero-order valence-electron chi connectivity index (χ0n) is 15.6. The van der Waals surface area contributed by atoms with E-state index < -0.39 is 0 Å². The maximum absolute atomic E-state index is 12.8. The molecule has 0 unspecified atom stereocenters. The summed E-state index contributed by atoms with van der Waals surface area (Å²) in [5.41, 5.74) is 1.74. The predicted octanol–water partition coefficient (Wildman–Crippen LogP) is 3.11. The monoisotopic (exact) mass is 407 g/mol. The van der Waals surface area contributed by atoms with Gasteiger partial charge in [-0.05, 0) is 30.7 Å². The first-order valence-corrected chi connectivity index (χ1v) is 9.45. The molecule has 4 rings (SSSR count). The number of halogens is 1. The third-order valence-electron chi connectivity index (χ3n) is 4.62. The first kappa shape index (κ1) is 18.9. The van der Waals surface area contributed by atoms with Crippen LogP contribution in [0.5, 0.6) is 0 Å². The molecule has 0 aliphatic heterocycles. The highest BCUT2D eigenvalue weighted by molar-refractivity contribution is 6.31. The summed E-state index contributed by atoms with van der Waals surface area (Å²) in [5, 5.41) is 8.06. The Balaban J connectivity index is 1.56. The van der Waals surface area contributed by atoms with Gasteiger partial charge < -0.3 is 5.32 Å². The van der Waals surface area contributed by atoms with Crippen LogP contribution in [0.1, 0.15) is 18.5 Å². The van der Waals surface area contributed by atoms with E-state index in [-0.39, 0.29) is 24.1 Å². The number of nitrogens with one attached hydrogen (secondary N) is 1. The van der Waals surface area contributed by atoms with Gasteiger partial charge >= 0.3 is 0 Å². The number of hydrogen-bond donors (Lipinski definition) is 1. The van der Waals surface area contributed by atoms with Gasteiger partial charge in [0, 0.05) is 5.02 Å². The first-order chi connectivity index (χ1) is 14.0. The molecule has 1 N–H and O–H groups in total. The maximum Gasteiger partial charge on any atom is 0.264 e. The molecular weight excluding hydrogens is 390 g/mol. The van der Waals surface area contributed by atoms with Crippen LogP contribution < -0.4 is 10.9 Å². The lowest BCUT2D eigenvalue weighted by molar-refractivity contribution is -0.122. The van der Waals surface area contributed by atoms with Crippen molar-refractivity contribution in [3.05, 3.63) is 88.1 Å². The van der Waals surface area contributed by atoms with Crippen molar-refractivity contribution < 1.29 is 4.79 Å². The van der Waals surface area contributed by atoms with Crippen molar-refractivity contribution in [3.8, 4) is 5.69 Å². The molecule has 0 spiro atoms. The van der Waals surface area contributed by atoms with Gasteiger partial charge in [0.1, 0.15) is 18.3 Å². The molecule has 146 valence electrons. The third kappa shape index (κ3) is 3.77. The maximum atomic E-state index is 12.8. The van der Waals surface area contributed by atoms with E-state index in [1.54, 1.807) is 10.7 Å². The van der Waals surface area contributed by atoms with E-state index in [1.165, 1.54) is 17.1 Å². The summed E-state index contributed by atoms with van der Waals surface area (Å²) in [4.78, 5) is 29.6. The number of fused-ring (bicyclic) bond motifs is 1. The van der Waals surface area contributed by atoms with Crippen molar-refractivity contribution in [2.75, 3.05) is 0 Å². The normalized spacial score (nSPS) is 12.1. The van der Waals surface area contributed by atoms with Gasteiger partial charge in [0.2, 0.25) is 5.91 Å². The van der Waals surface area contributed by atoms with Crippen molar-refractivity contribution >= 4 is 28.5 Å². The number of nitrogens with zero attached hydrogens (tertiary/aromatic N) is 4. The van der Waals surface area contributed by atoms with Crippen LogP contribution in [0.4, 0.5) is 0 Å². The van der Waals surface area contributed by atoms with Gasteiger partial charge in [0.05, 0.1) is 17.9 Å². The molecule has 0 radical (unpaired) electrons. The van der Waals surface area contributed by atoms with Crippen LogP contribution in [0.2, 0.25) is 5.02 Å². The zero-order valence-corrected chi connectivity index (χ0v) is 16.4. The number of aromatic nitrogens is 4. The van der Waals surface area contributed by atoms with E-state index >= 15 is 0 Å². The van der Waals surface area contributed by atoms with Crippen molar-refractivity contribution in [2.45, 2.75) is 19.5 Å². The van der Waals surface area contributed by atoms with Crippen LogP contribution in [0.3, 0.4) is 0 Å². The van der Waals surface area contributed by atoms with E-state index in [0.29, 0.717) is 16.1 Å². The fourth-order valence-electron chi connectivity index (χ4n) is 3.17. The molecule has 2 aromatic carbocycles. The third-order valence-corrected chi connectivity index (χ3v) is 4.96. The Morgan fingerprint density at radius 2 is 1.86 bits per heavy atom. The van der Waals surface area contributed by atoms with Gasteiger partial charge in [0.25, 0.3) is 5.56 Å². The van der Waals surface area contributed by atoms with E-state index in [4.69, 9.17) is 11.6 Å². The smallest absolute Gasteiger partial charge is 0.264 e. The molecular formula is C21H18ClN5O2. The fourth-order valence-corrected chi connectivity index (χ4v) is 3.46. The summed E-state index contributed by atoms with van der Waals surface area (Å²) in [6, 6.07) is 16.4. The highest BCUT2D eigenvalue weighted by Gasteiger charge is 2.15. The lowest BCUT2D eigenvalue weighted by atomic mass is 10.1. The molecule has 0 saturated heterocycles. The van der Waals surface area contributed by atoms with Crippen LogP contribution >= 0.6 is 11.6 Å². The van der Waals surface area contributed by atoms with Gasteiger partial charge in [-0.1, -0.05) is 48.0 Å². The molecule has 8 heteroatoms. The second-order valence-corrected chi connectivity index (χ2v) is 7.02. The number of para-hydroxylation sites is 1. The minimum Gasteiger partial charge on any atom is -0.348 e. The van der Waals surface area contributed by atoms with E-state index in [2.05, 4.69) is 15.4 Å². The van der Waals surface area contributed by atoms with E-state index in [0.717, 1.165) is 11.3 Å². The van der Waals surface area contributed by atoms with E-state index in [9.17, 15) is 9.59 Å². The number of rotatable bonds is 5. The Morgan fingerprint density at radius 3 is 2.62 bits per heavy atom. The summed E-state index contributed by atoms with van der Waals surface area (Å²) in [5.74, 6) is -0.309. The SMILES string of the molecule is C[C@@H](NC(=O)Cn1cnc2c(cnn2-c2ccccc2)c1=O)c1ccccc1Cl. The lowest BCUT2D eigenvalue weighted by Gasteiger charge is -2.16. The van der Waals surface area contributed by atoms with Crippen LogP contribution in [0.15, 0.2) is 71.9 Å². The molecule has 0 bridgehead atoms. The largest absolute Gasteiger partial charge is 0.348 e. The van der Waals surface area contributed by atoms with Gasteiger partial charge in [-0.15, -0.1) is 0 Å². The highest BCUT2D eigenvalue weighted by atomic mass is 35.5. The summed E-state index contributed by atoms with van der Waals surface area (Å²) in [7, 11) is 0. The molecule has 0 aliphatic rings. The van der Waals surface area contributed by atoms with Crippen LogP contribution in [0, 0.1) is 0 Å². The van der Waals surface area contributed by atoms with E-state index in [1.807, 2.05) is 55.5 Å². The summed E-state index contributed by atoms with van der Waals surface area (Å²) in [6.07, 6.45) is 2.84. The van der Waals surface area contributed by atoms with Crippen molar-refractivity contribution in [1.29, 1.82) is 0 Å². The molecule has 29 heavy (non-hydrogen) atoms. The molecule has 7 nitrogen and oxygen atoms in total. The Bertz CT molecular complexity index is 1230. The van der Waals surface area contributed by atoms with Gasteiger partial charge in [-0.25, -0.2) is 9.67 Å². The lowest BCUT2D eigenvalue weighted by Crippen LogP contribution is -2.34. The first-order valence-electron chi connectivity index (χ1n) is 9.07. The molecule has 0 saturated carbocycles. The topological polar surface area (TPSA) is 81.8 Å². The molecule has 4 aromatic rings.